The Morgan fingerprint density at radius 3 is 2.80 bits per heavy atom. The van der Waals surface area contributed by atoms with E-state index in [-0.39, 0.29) is 17.9 Å². The van der Waals surface area contributed by atoms with Crippen molar-refractivity contribution in [3.63, 3.8) is 0 Å². The van der Waals surface area contributed by atoms with Gasteiger partial charge >= 0.3 is 5.97 Å². The van der Waals surface area contributed by atoms with Gasteiger partial charge in [-0.2, -0.15) is 0 Å². The molecule has 1 aromatic heterocycles. The molecular formula is C23H27N3O4. The first-order valence-corrected chi connectivity index (χ1v) is 10.7. The lowest BCUT2D eigenvalue weighted by Crippen LogP contribution is -2.51. The summed E-state index contributed by atoms with van der Waals surface area (Å²) in [5.74, 6) is -0.418. The highest BCUT2D eigenvalue weighted by atomic mass is 16.5. The van der Waals surface area contributed by atoms with Gasteiger partial charge in [-0.3, -0.25) is 14.4 Å². The zero-order valence-electron chi connectivity index (χ0n) is 17.4. The number of esters is 1. The normalized spacial score (nSPS) is 25.7. The van der Waals surface area contributed by atoms with E-state index in [2.05, 4.69) is 35.4 Å². The molecule has 3 aliphatic rings. The van der Waals surface area contributed by atoms with Crippen molar-refractivity contribution in [3.05, 3.63) is 35.5 Å². The summed E-state index contributed by atoms with van der Waals surface area (Å²) in [4.78, 5) is 43.2. The highest BCUT2D eigenvalue weighted by Gasteiger charge is 2.65. The zero-order chi connectivity index (χ0) is 21.0. The standard InChI is InChI=1S/C23H27N3O4/c1-13-3-4-16-14(12-25-17(16)9-13)5-8-24-20(27)19-11-15-10-18(15)26(19)21(28)23(6-7-23)22(29)30-2/h3-4,9,12,15,18-19,25H,5-8,10-11H2,1-2H3,(H,24,27)/t15-,18-,19-/m1/s1. The fourth-order valence-electron chi connectivity index (χ4n) is 5.00. The third-order valence-electron chi connectivity index (χ3n) is 6.99. The zero-order valence-corrected chi connectivity index (χ0v) is 17.4. The summed E-state index contributed by atoms with van der Waals surface area (Å²) in [5, 5.41) is 4.19. The maximum atomic E-state index is 13.2. The second-order valence-electron chi connectivity index (χ2n) is 9.00. The molecule has 3 fully saturated rings. The SMILES string of the molecule is COC(=O)C1(C(=O)N2[C@@H](C(=O)NCCc3c[nH]c4cc(C)ccc34)C[C@H]3C[C@H]32)CC1. The number of carbonyl (C=O) groups excluding carboxylic acids is 3. The Morgan fingerprint density at radius 1 is 1.27 bits per heavy atom. The molecule has 7 heteroatoms. The number of H-pyrrole nitrogens is 1. The van der Waals surface area contributed by atoms with E-state index in [0.29, 0.717) is 38.1 Å². The van der Waals surface area contributed by atoms with Gasteiger partial charge in [0.05, 0.1) is 7.11 Å². The van der Waals surface area contributed by atoms with Crippen LogP contribution >= 0.6 is 0 Å². The Bertz CT molecular complexity index is 1040. The number of carbonyl (C=O) groups is 3. The molecule has 1 saturated heterocycles. The lowest BCUT2D eigenvalue weighted by atomic mass is 10.0. The largest absolute Gasteiger partial charge is 0.468 e. The van der Waals surface area contributed by atoms with E-state index in [4.69, 9.17) is 4.74 Å². The molecule has 1 aromatic carbocycles. The first-order valence-electron chi connectivity index (χ1n) is 10.7. The molecule has 0 radical (unpaired) electrons. The van der Waals surface area contributed by atoms with Crippen molar-refractivity contribution in [1.82, 2.24) is 15.2 Å². The van der Waals surface area contributed by atoms with Crippen LogP contribution in [0, 0.1) is 18.3 Å². The number of aromatic amines is 1. The Labute approximate surface area is 175 Å². The molecular weight excluding hydrogens is 382 g/mol. The molecule has 30 heavy (non-hydrogen) atoms. The molecule has 2 saturated carbocycles. The number of fused-ring (bicyclic) bond motifs is 2. The highest BCUT2D eigenvalue weighted by Crippen LogP contribution is 2.54. The summed E-state index contributed by atoms with van der Waals surface area (Å²) in [7, 11) is 1.32. The van der Waals surface area contributed by atoms with Gasteiger partial charge in [-0.25, -0.2) is 0 Å². The molecule has 0 unspecified atom stereocenters. The van der Waals surface area contributed by atoms with Gasteiger partial charge in [-0.15, -0.1) is 0 Å². The fourth-order valence-corrected chi connectivity index (χ4v) is 5.00. The van der Waals surface area contributed by atoms with Crippen LogP contribution in [0.25, 0.3) is 10.9 Å². The molecule has 3 atom stereocenters. The minimum atomic E-state index is -1.05. The number of likely N-dealkylation sites (tertiary alicyclic amines) is 1. The van der Waals surface area contributed by atoms with E-state index >= 15 is 0 Å². The van der Waals surface area contributed by atoms with Gasteiger partial charge in [0.2, 0.25) is 11.8 Å². The van der Waals surface area contributed by atoms with E-state index in [0.717, 1.165) is 17.5 Å². The Balaban J connectivity index is 1.23. The van der Waals surface area contributed by atoms with Crippen molar-refractivity contribution in [2.75, 3.05) is 13.7 Å². The number of methoxy groups -OCH3 is 1. The lowest BCUT2D eigenvalue weighted by Gasteiger charge is -2.29. The summed E-state index contributed by atoms with van der Waals surface area (Å²) in [6.45, 7) is 2.57. The van der Waals surface area contributed by atoms with E-state index in [1.54, 1.807) is 4.90 Å². The van der Waals surface area contributed by atoms with Gasteiger partial charge in [-0.05, 0) is 62.1 Å². The van der Waals surface area contributed by atoms with Crippen molar-refractivity contribution >= 4 is 28.7 Å². The number of hydrogen-bond acceptors (Lipinski definition) is 4. The maximum Gasteiger partial charge on any atom is 0.321 e. The molecule has 7 nitrogen and oxygen atoms in total. The number of rotatable bonds is 6. The molecule has 2 amide bonds. The third kappa shape index (κ3) is 2.99. The predicted molar refractivity (Wildman–Crippen MR) is 111 cm³/mol. The number of aryl methyl sites for hydroxylation is 1. The van der Waals surface area contributed by atoms with Gasteiger partial charge < -0.3 is 19.9 Å². The van der Waals surface area contributed by atoms with Gasteiger partial charge in [0.25, 0.3) is 0 Å². The summed E-state index contributed by atoms with van der Waals surface area (Å²) in [6, 6.07) is 5.93. The van der Waals surface area contributed by atoms with Crippen LogP contribution in [0.5, 0.6) is 0 Å². The van der Waals surface area contributed by atoms with Crippen molar-refractivity contribution in [1.29, 1.82) is 0 Å². The molecule has 158 valence electrons. The summed E-state index contributed by atoms with van der Waals surface area (Å²) in [5.41, 5.74) is 2.42. The molecule has 2 aromatic rings. The van der Waals surface area contributed by atoms with Crippen LogP contribution in [0.3, 0.4) is 0 Å². The minimum Gasteiger partial charge on any atom is -0.468 e. The number of amides is 2. The minimum absolute atomic E-state index is 0.104. The second-order valence-corrected chi connectivity index (χ2v) is 9.00. The molecule has 5 rings (SSSR count). The molecule has 2 N–H and O–H groups in total. The third-order valence-corrected chi connectivity index (χ3v) is 6.99. The highest BCUT2D eigenvalue weighted by molar-refractivity contribution is 6.07. The molecule has 2 heterocycles. The van der Waals surface area contributed by atoms with Crippen LogP contribution in [-0.4, -0.2) is 53.4 Å². The topological polar surface area (TPSA) is 91.5 Å². The maximum absolute atomic E-state index is 13.2. The monoisotopic (exact) mass is 409 g/mol. The molecule has 1 aliphatic heterocycles. The quantitative estimate of drug-likeness (QED) is 0.564. The molecule has 2 aliphatic carbocycles. The van der Waals surface area contributed by atoms with E-state index in [1.807, 2.05) is 6.20 Å². The van der Waals surface area contributed by atoms with Gasteiger partial charge in [0.15, 0.2) is 0 Å². The number of ether oxygens (including phenoxy) is 1. The summed E-state index contributed by atoms with van der Waals surface area (Å²) in [6.07, 6.45) is 5.35. The van der Waals surface area contributed by atoms with Crippen LogP contribution in [0.2, 0.25) is 0 Å². The number of nitrogens with one attached hydrogen (secondary N) is 2. The average Bonchev–Trinajstić information content (AvgIpc) is 3.64. The van der Waals surface area contributed by atoms with Gasteiger partial charge in [0.1, 0.15) is 11.5 Å². The number of hydrogen-bond donors (Lipinski definition) is 2. The van der Waals surface area contributed by atoms with Crippen LogP contribution < -0.4 is 5.32 Å². The number of piperidine rings is 1. The molecule has 0 spiro atoms. The fraction of sp³-hybridized carbons (Fsp3) is 0.522. The summed E-state index contributed by atoms with van der Waals surface area (Å²) < 4.78 is 4.86. The lowest BCUT2D eigenvalue weighted by molar-refractivity contribution is -0.158. The van der Waals surface area contributed by atoms with E-state index in [1.165, 1.54) is 18.1 Å². The number of benzene rings is 1. The molecule has 0 bridgehead atoms. The van der Waals surface area contributed by atoms with Crippen LogP contribution in [0.4, 0.5) is 0 Å². The predicted octanol–water partition coefficient (Wildman–Crippen LogP) is 2.08. The van der Waals surface area contributed by atoms with Gasteiger partial charge in [-0.1, -0.05) is 12.1 Å². The Kier molecular flexibility index (Phi) is 4.38. The van der Waals surface area contributed by atoms with Crippen molar-refractivity contribution < 1.29 is 19.1 Å². The Morgan fingerprint density at radius 2 is 2.07 bits per heavy atom. The smallest absolute Gasteiger partial charge is 0.321 e. The number of aromatic nitrogens is 1. The van der Waals surface area contributed by atoms with Crippen LogP contribution in [0.15, 0.2) is 24.4 Å². The van der Waals surface area contributed by atoms with Crippen molar-refractivity contribution in [3.8, 4) is 0 Å². The first kappa shape index (κ1) is 19.2. The van der Waals surface area contributed by atoms with E-state index in [9.17, 15) is 14.4 Å². The second kappa shape index (κ2) is 6.86. The van der Waals surface area contributed by atoms with Gasteiger partial charge in [0, 0.05) is 29.7 Å². The van der Waals surface area contributed by atoms with Crippen LogP contribution in [-0.2, 0) is 25.5 Å². The Hall–Kier alpha value is -2.83. The van der Waals surface area contributed by atoms with Crippen molar-refractivity contribution in [2.24, 2.45) is 11.3 Å². The summed E-state index contributed by atoms with van der Waals surface area (Å²) >= 11 is 0. The first-order chi connectivity index (χ1) is 14.4. The average molecular weight is 409 g/mol. The van der Waals surface area contributed by atoms with E-state index < -0.39 is 17.4 Å². The van der Waals surface area contributed by atoms with Crippen molar-refractivity contribution in [2.45, 2.75) is 51.1 Å². The number of nitrogens with zero attached hydrogens (tertiary/aromatic N) is 1. The van der Waals surface area contributed by atoms with Crippen LogP contribution in [0.1, 0.15) is 36.8 Å².